The fourth-order valence-electron chi connectivity index (χ4n) is 2.36. The predicted octanol–water partition coefficient (Wildman–Crippen LogP) is 3.36. The number of aromatic nitrogens is 2. The van der Waals surface area contributed by atoms with Crippen LogP contribution in [0.3, 0.4) is 0 Å². The molecule has 19 heavy (non-hydrogen) atoms. The summed E-state index contributed by atoms with van der Waals surface area (Å²) in [5, 5.41) is 8.64. The normalized spacial score (nSPS) is 18.3. The predicted molar refractivity (Wildman–Crippen MR) is 79.8 cm³/mol. The van der Waals surface area contributed by atoms with Crippen molar-refractivity contribution in [3.8, 4) is 0 Å². The third kappa shape index (κ3) is 3.14. The third-order valence-electron chi connectivity index (χ3n) is 3.30. The van der Waals surface area contributed by atoms with E-state index in [-0.39, 0.29) is 0 Å². The minimum absolute atomic E-state index is 0.408. The van der Waals surface area contributed by atoms with E-state index >= 15 is 0 Å². The Balaban J connectivity index is 1.64. The molecule has 1 atom stereocenters. The monoisotopic (exact) mass is 293 g/mol. The standard InChI is InChI=1S/C14H16ClN3S/c15-11-2-3-14-12(10-11)13(4-9-19-14)16-6-8-18-7-1-5-17-18/h1-3,5,7,10,13,16H,4,6,8-9H2. The number of thioether (sulfide) groups is 1. The molecule has 3 rings (SSSR count). The van der Waals surface area contributed by atoms with Crippen molar-refractivity contribution >= 4 is 23.4 Å². The summed E-state index contributed by atoms with van der Waals surface area (Å²) in [7, 11) is 0. The Morgan fingerprint density at radius 2 is 2.42 bits per heavy atom. The van der Waals surface area contributed by atoms with Gasteiger partial charge in [-0.25, -0.2) is 0 Å². The van der Waals surface area contributed by atoms with Crippen molar-refractivity contribution in [3.63, 3.8) is 0 Å². The second kappa shape index (κ2) is 5.99. The van der Waals surface area contributed by atoms with Crippen LogP contribution in [0.25, 0.3) is 0 Å². The first-order chi connectivity index (χ1) is 9.33. The molecule has 0 fully saturated rings. The van der Waals surface area contributed by atoms with Crippen LogP contribution in [0, 0.1) is 0 Å². The number of hydrogen-bond acceptors (Lipinski definition) is 3. The second-order valence-electron chi connectivity index (χ2n) is 4.60. The summed E-state index contributed by atoms with van der Waals surface area (Å²) in [6.07, 6.45) is 4.95. The largest absolute Gasteiger partial charge is 0.308 e. The summed E-state index contributed by atoms with van der Waals surface area (Å²) < 4.78 is 1.95. The van der Waals surface area contributed by atoms with Gasteiger partial charge in [-0.15, -0.1) is 11.8 Å². The SMILES string of the molecule is Clc1ccc2c(c1)C(NCCn1cccn1)CCS2. The number of fused-ring (bicyclic) bond motifs is 1. The lowest BCUT2D eigenvalue weighted by atomic mass is 10.0. The van der Waals surface area contributed by atoms with Crippen molar-refractivity contribution in [1.82, 2.24) is 15.1 Å². The average molecular weight is 294 g/mol. The lowest BCUT2D eigenvalue weighted by Gasteiger charge is -2.26. The van der Waals surface area contributed by atoms with E-state index in [1.54, 1.807) is 0 Å². The number of hydrogen-bond donors (Lipinski definition) is 1. The maximum absolute atomic E-state index is 6.11. The van der Waals surface area contributed by atoms with Gasteiger partial charge in [-0.3, -0.25) is 4.68 Å². The molecular weight excluding hydrogens is 278 g/mol. The van der Waals surface area contributed by atoms with Crippen LogP contribution < -0.4 is 5.32 Å². The molecule has 0 aliphatic carbocycles. The number of nitrogens with one attached hydrogen (secondary N) is 1. The molecule has 1 aliphatic rings. The van der Waals surface area contributed by atoms with E-state index in [1.165, 1.54) is 10.5 Å². The molecule has 100 valence electrons. The van der Waals surface area contributed by atoms with Crippen LogP contribution in [0.1, 0.15) is 18.0 Å². The molecule has 0 bridgehead atoms. The van der Waals surface area contributed by atoms with E-state index in [9.17, 15) is 0 Å². The summed E-state index contributed by atoms with van der Waals surface area (Å²) in [4.78, 5) is 1.35. The number of nitrogens with zero attached hydrogens (tertiary/aromatic N) is 2. The topological polar surface area (TPSA) is 29.9 Å². The zero-order chi connectivity index (χ0) is 13.1. The van der Waals surface area contributed by atoms with Crippen molar-refractivity contribution < 1.29 is 0 Å². The molecule has 0 spiro atoms. The zero-order valence-corrected chi connectivity index (χ0v) is 12.1. The Morgan fingerprint density at radius 1 is 1.47 bits per heavy atom. The van der Waals surface area contributed by atoms with Gasteiger partial charge in [0.1, 0.15) is 0 Å². The van der Waals surface area contributed by atoms with Crippen LogP contribution in [-0.4, -0.2) is 22.1 Å². The van der Waals surface area contributed by atoms with E-state index in [0.717, 1.165) is 30.3 Å². The molecule has 2 aromatic rings. The minimum atomic E-state index is 0.408. The van der Waals surface area contributed by atoms with Crippen LogP contribution >= 0.6 is 23.4 Å². The zero-order valence-electron chi connectivity index (χ0n) is 10.6. The van der Waals surface area contributed by atoms with E-state index in [0.29, 0.717) is 6.04 Å². The Morgan fingerprint density at radius 3 is 3.26 bits per heavy atom. The Kier molecular flexibility index (Phi) is 4.11. The molecule has 2 heterocycles. The van der Waals surface area contributed by atoms with Crippen molar-refractivity contribution in [2.75, 3.05) is 12.3 Å². The van der Waals surface area contributed by atoms with Gasteiger partial charge in [0, 0.05) is 34.9 Å². The van der Waals surface area contributed by atoms with E-state index in [4.69, 9.17) is 11.6 Å². The minimum Gasteiger partial charge on any atom is -0.308 e. The molecule has 1 unspecified atom stereocenters. The molecular formula is C14H16ClN3S. The molecule has 1 N–H and O–H groups in total. The number of rotatable bonds is 4. The smallest absolute Gasteiger partial charge is 0.0534 e. The first-order valence-electron chi connectivity index (χ1n) is 6.46. The summed E-state index contributed by atoms with van der Waals surface area (Å²) in [6, 6.07) is 8.55. The van der Waals surface area contributed by atoms with Gasteiger partial charge in [0.15, 0.2) is 0 Å². The van der Waals surface area contributed by atoms with Gasteiger partial charge >= 0.3 is 0 Å². The fourth-order valence-corrected chi connectivity index (χ4v) is 3.65. The lowest BCUT2D eigenvalue weighted by Crippen LogP contribution is -2.28. The van der Waals surface area contributed by atoms with Crippen LogP contribution in [-0.2, 0) is 6.54 Å². The van der Waals surface area contributed by atoms with Gasteiger partial charge in [-0.1, -0.05) is 11.6 Å². The summed E-state index contributed by atoms with van der Waals surface area (Å²) in [5.41, 5.74) is 1.34. The fraction of sp³-hybridized carbons (Fsp3) is 0.357. The summed E-state index contributed by atoms with van der Waals surface area (Å²) in [5.74, 6) is 1.16. The van der Waals surface area contributed by atoms with Crippen molar-refractivity contribution in [2.45, 2.75) is 23.9 Å². The van der Waals surface area contributed by atoms with Gasteiger partial charge in [0.2, 0.25) is 0 Å². The van der Waals surface area contributed by atoms with Crippen LogP contribution in [0.5, 0.6) is 0 Å². The molecule has 1 aliphatic heterocycles. The molecule has 0 amide bonds. The highest BCUT2D eigenvalue weighted by atomic mass is 35.5. The van der Waals surface area contributed by atoms with Crippen LogP contribution in [0.4, 0.5) is 0 Å². The van der Waals surface area contributed by atoms with Crippen LogP contribution in [0.2, 0.25) is 5.02 Å². The number of halogens is 1. The Hall–Kier alpha value is -0.970. The number of benzene rings is 1. The van der Waals surface area contributed by atoms with Gasteiger partial charge in [-0.05, 0) is 42.0 Å². The molecule has 0 radical (unpaired) electrons. The maximum Gasteiger partial charge on any atom is 0.0534 e. The highest BCUT2D eigenvalue weighted by Gasteiger charge is 2.20. The van der Waals surface area contributed by atoms with Crippen molar-refractivity contribution in [1.29, 1.82) is 0 Å². The maximum atomic E-state index is 6.11. The molecule has 1 aromatic carbocycles. The van der Waals surface area contributed by atoms with Gasteiger partial charge in [0.25, 0.3) is 0 Å². The summed E-state index contributed by atoms with van der Waals surface area (Å²) in [6.45, 7) is 1.81. The highest BCUT2D eigenvalue weighted by Crippen LogP contribution is 2.37. The first-order valence-corrected chi connectivity index (χ1v) is 7.82. The van der Waals surface area contributed by atoms with Crippen molar-refractivity contribution in [3.05, 3.63) is 47.2 Å². The van der Waals surface area contributed by atoms with E-state index in [2.05, 4.69) is 22.5 Å². The van der Waals surface area contributed by atoms with Gasteiger partial charge < -0.3 is 5.32 Å². The van der Waals surface area contributed by atoms with Crippen molar-refractivity contribution in [2.24, 2.45) is 0 Å². The molecule has 1 aromatic heterocycles. The molecule has 0 saturated carbocycles. The molecule has 0 saturated heterocycles. The second-order valence-corrected chi connectivity index (χ2v) is 6.17. The van der Waals surface area contributed by atoms with E-state index in [1.807, 2.05) is 41.0 Å². The lowest BCUT2D eigenvalue weighted by molar-refractivity contribution is 0.471. The van der Waals surface area contributed by atoms with Gasteiger partial charge in [0.05, 0.1) is 6.54 Å². The highest BCUT2D eigenvalue weighted by molar-refractivity contribution is 7.99. The Bertz CT molecular complexity index is 542. The first kappa shape index (κ1) is 13.0. The van der Waals surface area contributed by atoms with Crippen LogP contribution in [0.15, 0.2) is 41.6 Å². The average Bonchev–Trinajstić information content (AvgIpc) is 2.92. The molecule has 3 nitrogen and oxygen atoms in total. The van der Waals surface area contributed by atoms with E-state index < -0.39 is 0 Å². The summed E-state index contributed by atoms with van der Waals surface area (Å²) >= 11 is 8.02. The quantitative estimate of drug-likeness (QED) is 0.937. The van der Waals surface area contributed by atoms with Gasteiger partial charge in [-0.2, -0.15) is 5.10 Å². The third-order valence-corrected chi connectivity index (χ3v) is 4.66. The molecule has 5 heteroatoms. The Labute approximate surface area is 122 Å².